The molecule has 0 aromatic heterocycles. The number of hydrogen-bond acceptors (Lipinski definition) is 5. The largest absolute Gasteiger partial charge is 0.491 e. The number of rotatable bonds is 11. The summed E-state index contributed by atoms with van der Waals surface area (Å²) >= 11 is 0. The van der Waals surface area contributed by atoms with E-state index in [1.807, 2.05) is 78.6 Å². The van der Waals surface area contributed by atoms with E-state index in [2.05, 4.69) is 12.1 Å². The SMILES string of the molecule is COC(=O)C[C@]1(C)C[C@@H](COc2ccc(-c3ccc(C(=N)N)cc3)cc2)N(CCCc2ccccc2)C1=O.Cl. The number of aryl methyl sites for hydroxylation is 1. The van der Waals surface area contributed by atoms with Gasteiger partial charge in [-0.25, -0.2) is 0 Å². The Labute approximate surface area is 236 Å². The zero-order valence-electron chi connectivity index (χ0n) is 22.4. The van der Waals surface area contributed by atoms with Crippen LogP contribution >= 0.6 is 12.4 Å². The van der Waals surface area contributed by atoms with E-state index in [-0.39, 0.29) is 42.6 Å². The first-order valence-corrected chi connectivity index (χ1v) is 12.9. The van der Waals surface area contributed by atoms with Gasteiger partial charge < -0.3 is 20.1 Å². The Morgan fingerprint density at radius 2 is 1.64 bits per heavy atom. The molecule has 1 fully saturated rings. The Balaban J connectivity index is 0.00000420. The van der Waals surface area contributed by atoms with Crippen molar-refractivity contribution in [3.63, 3.8) is 0 Å². The Morgan fingerprint density at radius 3 is 2.23 bits per heavy atom. The predicted molar refractivity (Wildman–Crippen MR) is 155 cm³/mol. The number of halogens is 1. The van der Waals surface area contributed by atoms with Crippen LogP contribution in [0.2, 0.25) is 0 Å². The Bertz CT molecular complexity index is 1270. The minimum Gasteiger partial charge on any atom is -0.491 e. The van der Waals surface area contributed by atoms with Crippen LogP contribution in [0, 0.1) is 10.8 Å². The van der Waals surface area contributed by atoms with Gasteiger partial charge in [-0.3, -0.25) is 15.0 Å². The van der Waals surface area contributed by atoms with Crippen LogP contribution in [0.15, 0.2) is 78.9 Å². The van der Waals surface area contributed by atoms with Crippen molar-refractivity contribution < 1.29 is 19.1 Å². The summed E-state index contributed by atoms with van der Waals surface area (Å²) in [6, 6.07) is 25.4. The van der Waals surface area contributed by atoms with Gasteiger partial charge in [0.15, 0.2) is 0 Å². The minimum absolute atomic E-state index is 0. The van der Waals surface area contributed by atoms with Crippen molar-refractivity contribution in [3.05, 3.63) is 90.0 Å². The molecule has 206 valence electrons. The van der Waals surface area contributed by atoms with E-state index >= 15 is 0 Å². The maximum atomic E-state index is 13.5. The van der Waals surface area contributed by atoms with Gasteiger partial charge in [0.25, 0.3) is 0 Å². The van der Waals surface area contributed by atoms with E-state index < -0.39 is 5.41 Å². The standard InChI is InChI=1S/C31H35N3O4.ClH/c1-31(20-28(35)37-2)19-26(34(30(31)36)18-6-9-22-7-4-3-5-8-22)21-38-27-16-14-24(15-17-27)23-10-12-25(13-11-23)29(32)33;/h3-5,7-8,10-17,26H,6,9,18-21H2,1-2H3,(H3,32,33);1H/t26-,31-;/m0./s1. The quantitative estimate of drug-likeness (QED) is 0.193. The van der Waals surface area contributed by atoms with Crippen molar-refractivity contribution >= 4 is 30.1 Å². The molecular weight excluding hydrogens is 514 g/mol. The molecule has 1 aliphatic heterocycles. The van der Waals surface area contributed by atoms with Gasteiger partial charge >= 0.3 is 5.97 Å². The van der Waals surface area contributed by atoms with Crippen LogP contribution in [0.5, 0.6) is 5.75 Å². The highest BCUT2D eigenvalue weighted by atomic mass is 35.5. The summed E-state index contributed by atoms with van der Waals surface area (Å²) in [6.45, 7) is 2.80. The number of hydrogen-bond donors (Lipinski definition) is 2. The number of nitrogens with two attached hydrogens (primary N) is 1. The first-order valence-electron chi connectivity index (χ1n) is 12.9. The predicted octanol–water partition coefficient (Wildman–Crippen LogP) is 5.24. The molecule has 0 spiro atoms. The number of carbonyl (C=O) groups is 2. The number of ether oxygens (including phenoxy) is 2. The summed E-state index contributed by atoms with van der Waals surface area (Å²) < 4.78 is 11.0. The molecule has 0 radical (unpaired) electrons. The molecule has 4 rings (SSSR count). The zero-order chi connectivity index (χ0) is 27.1. The minimum atomic E-state index is -0.802. The summed E-state index contributed by atoms with van der Waals surface area (Å²) in [5, 5.41) is 7.54. The lowest BCUT2D eigenvalue weighted by Gasteiger charge is -2.25. The lowest BCUT2D eigenvalue weighted by Crippen LogP contribution is -2.39. The van der Waals surface area contributed by atoms with Crippen LogP contribution < -0.4 is 10.5 Å². The first-order chi connectivity index (χ1) is 18.3. The highest BCUT2D eigenvalue weighted by Gasteiger charge is 2.49. The second-order valence-electron chi connectivity index (χ2n) is 10.1. The highest BCUT2D eigenvalue weighted by molar-refractivity contribution is 5.95. The summed E-state index contributed by atoms with van der Waals surface area (Å²) in [6.07, 6.45) is 2.30. The van der Waals surface area contributed by atoms with Crippen LogP contribution in [-0.4, -0.2) is 48.9 Å². The molecule has 1 saturated heterocycles. The van der Waals surface area contributed by atoms with Crippen LogP contribution in [-0.2, 0) is 20.7 Å². The van der Waals surface area contributed by atoms with Gasteiger partial charge in [0.05, 0.1) is 25.0 Å². The molecule has 0 unspecified atom stereocenters. The van der Waals surface area contributed by atoms with E-state index in [9.17, 15) is 9.59 Å². The molecule has 1 aliphatic rings. The highest BCUT2D eigenvalue weighted by Crippen LogP contribution is 2.39. The van der Waals surface area contributed by atoms with Crippen molar-refractivity contribution in [1.29, 1.82) is 5.41 Å². The smallest absolute Gasteiger partial charge is 0.306 e. The first kappa shape index (κ1) is 29.7. The summed E-state index contributed by atoms with van der Waals surface area (Å²) in [5.74, 6) is 0.363. The van der Waals surface area contributed by atoms with E-state index in [1.54, 1.807) is 0 Å². The van der Waals surface area contributed by atoms with Crippen molar-refractivity contribution in [2.45, 2.75) is 38.6 Å². The number of amides is 1. The molecular formula is C31H36ClN3O4. The van der Waals surface area contributed by atoms with Crippen LogP contribution in [0.25, 0.3) is 11.1 Å². The van der Waals surface area contributed by atoms with Gasteiger partial charge in [-0.15, -0.1) is 12.4 Å². The van der Waals surface area contributed by atoms with Gasteiger partial charge in [0.1, 0.15) is 18.2 Å². The fourth-order valence-electron chi connectivity index (χ4n) is 5.08. The molecule has 7 nitrogen and oxygen atoms in total. The lowest BCUT2D eigenvalue weighted by atomic mass is 9.84. The third-order valence-corrected chi connectivity index (χ3v) is 7.20. The fourth-order valence-corrected chi connectivity index (χ4v) is 5.08. The van der Waals surface area contributed by atoms with Gasteiger partial charge in [-0.05, 0) is 48.1 Å². The van der Waals surface area contributed by atoms with Crippen molar-refractivity contribution in [2.24, 2.45) is 11.1 Å². The lowest BCUT2D eigenvalue weighted by molar-refractivity contribution is -0.148. The maximum Gasteiger partial charge on any atom is 0.306 e. The summed E-state index contributed by atoms with van der Waals surface area (Å²) in [4.78, 5) is 27.4. The van der Waals surface area contributed by atoms with E-state index in [0.29, 0.717) is 30.9 Å². The molecule has 3 N–H and O–H groups in total. The van der Waals surface area contributed by atoms with Gasteiger partial charge in [0.2, 0.25) is 5.91 Å². The normalized spacial score (nSPS) is 18.4. The average molecular weight is 550 g/mol. The number of methoxy groups -OCH3 is 1. The topological polar surface area (TPSA) is 106 Å². The third-order valence-electron chi connectivity index (χ3n) is 7.20. The summed E-state index contributed by atoms with van der Waals surface area (Å²) in [5.41, 5.74) is 8.71. The summed E-state index contributed by atoms with van der Waals surface area (Å²) in [7, 11) is 1.35. The van der Waals surface area contributed by atoms with Gasteiger partial charge in [-0.1, -0.05) is 73.7 Å². The maximum absolute atomic E-state index is 13.5. The fraction of sp³-hybridized carbons (Fsp3) is 0.323. The molecule has 0 aliphatic carbocycles. The zero-order valence-corrected chi connectivity index (χ0v) is 23.2. The van der Waals surface area contributed by atoms with Gasteiger partial charge in [-0.2, -0.15) is 0 Å². The number of nitrogen functional groups attached to an aromatic ring is 1. The number of benzene rings is 3. The number of nitrogens with one attached hydrogen (secondary N) is 1. The average Bonchev–Trinajstić information content (AvgIpc) is 3.17. The third kappa shape index (κ3) is 7.39. The Kier molecular flexibility index (Phi) is 10.1. The molecule has 8 heteroatoms. The van der Waals surface area contributed by atoms with E-state index in [0.717, 1.165) is 24.0 Å². The van der Waals surface area contributed by atoms with E-state index in [1.165, 1.54) is 12.7 Å². The Hall–Kier alpha value is -3.84. The number of likely N-dealkylation sites (tertiary alicyclic amines) is 1. The number of carbonyl (C=O) groups excluding carboxylic acids is 2. The Morgan fingerprint density at radius 1 is 1.03 bits per heavy atom. The molecule has 0 saturated carbocycles. The van der Waals surface area contributed by atoms with Crippen LogP contribution in [0.3, 0.4) is 0 Å². The van der Waals surface area contributed by atoms with Crippen LogP contribution in [0.1, 0.15) is 37.3 Å². The molecule has 2 atom stereocenters. The van der Waals surface area contributed by atoms with Crippen molar-refractivity contribution in [3.8, 4) is 16.9 Å². The van der Waals surface area contributed by atoms with Crippen LogP contribution in [0.4, 0.5) is 0 Å². The van der Waals surface area contributed by atoms with Crippen molar-refractivity contribution in [1.82, 2.24) is 4.90 Å². The number of esters is 1. The van der Waals surface area contributed by atoms with Gasteiger partial charge in [0, 0.05) is 12.1 Å². The molecule has 0 bridgehead atoms. The molecule has 39 heavy (non-hydrogen) atoms. The number of nitrogens with zero attached hydrogens (tertiary/aromatic N) is 1. The van der Waals surface area contributed by atoms with Crippen molar-refractivity contribution in [2.75, 3.05) is 20.3 Å². The molecule has 3 aromatic rings. The molecule has 1 heterocycles. The number of amidine groups is 1. The molecule has 3 aromatic carbocycles. The monoisotopic (exact) mass is 549 g/mol. The second-order valence-corrected chi connectivity index (χ2v) is 10.1. The molecule has 1 amide bonds. The van der Waals surface area contributed by atoms with E-state index in [4.69, 9.17) is 20.6 Å². The second kappa shape index (κ2) is 13.3.